The van der Waals surface area contributed by atoms with E-state index in [0.29, 0.717) is 11.6 Å². The summed E-state index contributed by atoms with van der Waals surface area (Å²) in [6, 6.07) is 6.98. The van der Waals surface area contributed by atoms with Gasteiger partial charge in [0.05, 0.1) is 6.61 Å². The standard InChI is InChI=1S/C10H10ClF3OS/c11-7-8-2-1-3-9(6-8)15-4-5-16-10(12,13)14/h1-3,6H,4-5,7H2. The van der Waals surface area contributed by atoms with Crippen LogP contribution in [-0.2, 0) is 5.88 Å². The molecule has 0 radical (unpaired) electrons. The first kappa shape index (κ1) is 13.5. The first-order chi connectivity index (χ1) is 7.51. The van der Waals surface area contributed by atoms with E-state index in [1.165, 1.54) is 0 Å². The molecule has 90 valence electrons. The summed E-state index contributed by atoms with van der Waals surface area (Å²) < 4.78 is 40.5. The highest BCUT2D eigenvalue weighted by atomic mass is 35.5. The van der Waals surface area contributed by atoms with Gasteiger partial charge in [-0.05, 0) is 29.5 Å². The summed E-state index contributed by atoms with van der Waals surface area (Å²) in [5, 5.41) is 0. The molecule has 6 heteroatoms. The Kier molecular flexibility index (Phi) is 5.28. The summed E-state index contributed by atoms with van der Waals surface area (Å²) in [4.78, 5) is 0. The molecular formula is C10H10ClF3OS. The average Bonchev–Trinajstić information content (AvgIpc) is 2.23. The summed E-state index contributed by atoms with van der Waals surface area (Å²) in [5.74, 6) is 0.782. The van der Waals surface area contributed by atoms with E-state index in [0.717, 1.165) is 5.56 Å². The first-order valence-electron chi connectivity index (χ1n) is 4.49. The molecule has 0 N–H and O–H groups in total. The number of benzene rings is 1. The summed E-state index contributed by atoms with van der Waals surface area (Å²) in [5.41, 5.74) is -3.32. The zero-order chi connectivity index (χ0) is 12.0. The van der Waals surface area contributed by atoms with Crippen molar-refractivity contribution < 1.29 is 17.9 Å². The summed E-state index contributed by atoms with van der Waals surface area (Å²) >= 11 is 5.52. The zero-order valence-electron chi connectivity index (χ0n) is 8.26. The highest BCUT2D eigenvalue weighted by molar-refractivity contribution is 8.00. The number of thioether (sulfide) groups is 1. The van der Waals surface area contributed by atoms with Crippen LogP contribution in [0.4, 0.5) is 13.2 Å². The van der Waals surface area contributed by atoms with Gasteiger partial charge in [0.1, 0.15) is 5.75 Å². The van der Waals surface area contributed by atoms with Crippen molar-refractivity contribution in [2.45, 2.75) is 11.4 Å². The Morgan fingerprint density at radius 1 is 1.31 bits per heavy atom. The number of alkyl halides is 4. The molecule has 1 aromatic carbocycles. The minimum Gasteiger partial charge on any atom is -0.493 e. The lowest BCUT2D eigenvalue weighted by Crippen LogP contribution is -2.07. The fraction of sp³-hybridized carbons (Fsp3) is 0.400. The maximum atomic E-state index is 11.8. The van der Waals surface area contributed by atoms with E-state index in [-0.39, 0.29) is 24.1 Å². The largest absolute Gasteiger partial charge is 0.493 e. The monoisotopic (exact) mass is 270 g/mol. The van der Waals surface area contributed by atoms with Gasteiger partial charge in [0, 0.05) is 11.6 Å². The molecule has 0 bridgehead atoms. The van der Waals surface area contributed by atoms with Crippen LogP contribution in [0.5, 0.6) is 5.75 Å². The Labute approximate surface area is 101 Å². The minimum absolute atomic E-state index is 0.0237. The van der Waals surface area contributed by atoms with E-state index >= 15 is 0 Å². The van der Waals surface area contributed by atoms with Crippen LogP contribution in [0.3, 0.4) is 0 Å². The molecule has 0 heterocycles. The van der Waals surface area contributed by atoms with E-state index in [2.05, 4.69) is 0 Å². The molecule has 0 saturated heterocycles. The highest BCUT2D eigenvalue weighted by Gasteiger charge is 2.27. The molecule has 0 saturated carbocycles. The van der Waals surface area contributed by atoms with Crippen LogP contribution in [0, 0.1) is 0 Å². The van der Waals surface area contributed by atoms with Crippen LogP contribution in [0.15, 0.2) is 24.3 Å². The average molecular weight is 271 g/mol. The van der Waals surface area contributed by atoms with E-state index in [1.54, 1.807) is 18.2 Å². The van der Waals surface area contributed by atoms with Crippen molar-refractivity contribution >= 4 is 23.4 Å². The number of hydrogen-bond donors (Lipinski definition) is 0. The van der Waals surface area contributed by atoms with E-state index in [1.807, 2.05) is 6.07 Å². The van der Waals surface area contributed by atoms with Crippen molar-refractivity contribution in [3.05, 3.63) is 29.8 Å². The van der Waals surface area contributed by atoms with Crippen LogP contribution in [0.25, 0.3) is 0 Å². The molecule has 0 fully saturated rings. The Bertz CT molecular complexity index is 330. The molecule has 0 amide bonds. The number of ether oxygens (including phenoxy) is 1. The molecule has 0 aliphatic carbocycles. The van der Waals surface area contributed by atoms with Gasteiger partial charge in [-0.1, -0.05) is 12.1 Å². The molecule has 1 aromatic rings. The van der Waals surface area contributed by atoms with Gasteiger partial charge >= 0.3 is 5.51 Å². The van der Waals surface area contributed by atoms with Crippen molar-refractivity contribution in [2.24, 2.45) is 0 Å². The van der Waals surface area contributed by atoms with Crippen molar-refractivity contribution in [1.82, 2.24) is 0 Å². The Balaban J connectivity index is 2.32. The predicted octanol–water partition coefficient (Wildman–Crippen LogP) is 4.06. The third-order valence-corrected chi connectivity index (χ3v) is 2.68. The van der Waals surface area contributed by atoms with Gasteiger partial charge in [-0.15, -0.1) is 11.6 Å². The molecule has 0 atom stereocenters. The fourth-order valence-electron chi connectivity index (χ4n) is 1.04. The quantitative estimate of drug-likeness (QED) is 0.589. The molecule has 16 heavy (non-hydrogen) atoms. The maximum absolute atomic E-state index is 11.8. The fourth-order valence-corrected chi connectivity index (χ4v) is 1.60. The third-order valence-electron chi connectivity index (χ3n) is 1.67. The van der Waals surface area contributed by atoms with Crippen molar-refractivity contribution in [3.63, 3.8) is 0 Å². The van der Waals surface area contributed by atoms with Gasteiger partial charge in [-0.25, -0.2) is 0 Å². The van der Waals surface area contributed by atoms with Crippen LogP contribution in [0.1, 0.15) is 5.56 Å². The first-order valence-corrected chi connectivity index (χ1v) is 6.01. The topological polar surface area (TPSA) is 9.23 Å². The van der Waals surface area contributed by atoms with Crippen molar-refractivity contribution in [3.8, 4) is 5.75 Å². The van der Waals surface area contributed by atoms with Gasteiger partial charge in [-0.3, -0.25) is 0 Å². The normalized spacial score (nSPS) is 11.5. The smallest absolute Gasteiger partial charge is 0.441 e. The lowest BCUT2D eigenvalue weighted by Gasteiger charge is -2.08. The lowest BCUT2D eigenvalue weighted by atomic mass is 10.2. The third kappa shape index (κ3) is 5.51. The molecule has 0 aliphatic rings. The van der Waals surface area contributed by atoms with Gasteiger partial charge in [-0.2, -0.15) is 13.2 Å². The zero-order valence-corrected chi connectivity index (χ0v) is 9.83. The summed E-state index contributed by atoms with van der Waals surface area (Å²) in [7, 11) is 0. The Hall–Kier alpha value is -0.550. The second kappa shape index (κ2) is 6.25. The molecule has 1 rings (SSSR count). The number of hydrogen-bond acceptors (Lipinski definition) is 2. The lowest BCUT2D eigenvalue weighted by molar-refractivity contribution is -0.0329. The van der Waals surface area contributed by atoms with E-state index in [9.17, 15) is 13.2 Å². The van der Waals surface area contributed by atoms with Crippen LogP contribution in [-0.4, -0.2) is 17.9 Å². The van der Waals surface area contributed by atoms with Gasteiger partial charge in [0.2, 0.25) is 0 Å². The second-order valence-electron chi connectivity index (χ2n) is 2.92. The predicted molar refractivity (Wildman–Crippen MR) is 60.0 cm³/mol. The summed E-state index contributed by atoms with van der Waals surface area (Å²) in [6.45, 7) is 0.0237. The van der Waals surface area contributed by atoms with Crippen LogP contribution >= 0.6 is 23.4 Å². The number of rotatable bonds is 5. The van der Waals surface area contributed by atoms with Gasteiger partial charge in [0.15, 0.2) is 0 Å². The Morgan fingerprint density at radius 2 is 2.06 bits per heavy atom. The highest BCUT2D eigenvalue weighted by Crippen LogP contribution is 2.29. The van der Waals surface area contributed by atoms with Crippen LogP contribution in [0.2, 0.25) is 0 Å². The molecule has 0 aliphatic heterocycles. The molecule has 0 unspecified atom stereocenters. The van der Waals surface area contributed by atoms with Gasteiger partial charge in [0.25, 0.3) is 0 Å². The second-order valence-corrected chi connectivity index (χ2v) is 4.35. The van der Waals surface area contributed by atoms with Crippen molar-refractivity contribution in [1.29, 1.82) is 0 Å². The number of halogens is 4. The Morgan fingerprint density at radius 3 is 2.69 bits per heavy atom. The van der Waals surface area contributed by atoms with Crippen molar-refractivity contribution in [2.75, 3.05) is 12.4 Å². The molecule has 1 nitrogen and oxygen atoms in total. The van der Waals surface area contributed by atoms with Crippen LogP contribution < -0.4 is 4.74 Å². The molecule has 0 aromatic heterocycles. The van der Waals surface area contributed by atoms with E-state index < -0.39 is 5.51 Å². The summed E-state index contributed by atoms with van der Waals surface area (Å²) in [6.07, 6.45) is 0. The SMILES string of the molecule is FC(F)(F)SCCOc1cccc(CCl)c1. The van der Waals surface area contributed by atoms with Gasteiger partial charge < -0.3 is 4.74 Å². The molecule has 0 spiro atoms. The minimum atomic E-state index is -4.19. The maximum Gasteiger partial charge on any atom is 0.441 e. The molecular weight excluding hydrogens is 261 g/mol. The van der Waals surface area contributed by atoms with E-state index in [4.69, 9.17) is 16.3 Å².